The van der Waals surface area contributed by atoms with Crippen LogP contribution in [-0.4, -0.2) is 48.9 Å². The van der Waals surface area contributed by atoms with Gasteiger partial charge in [0, 0.05) is 49.4 Å². The first-order chi connectivity index (χ1) is 15.4. The molecule has 10 heteroatoms. The number of pyridine rings is 1. The van der Waals surface area contributed by atoms with Crippen molar-refractivity contribution >= 4 is 40.2 Å². The molecule has 8 nitrogen and oxygen atoms in total. The fraction of sp³-hybridized carbons (Fsp3) is 0.409. The number of rotatable bonds is 5. The van der Waals surface area contributed by atoms with Crippen molar-refractivity contribution in [3.63, 3.8) is 0 Å². The molecule has 5 rings (SSSR count). The predicted octanol–water partition coefficient (Wildman–Crippen LogP) is 3.75. The van der Waals surface area contributed by atoms with Crippen molar-refractivity contribution < 1.29 is 9.47 Å². The molecule has 1 aliphatic carbocycles. The van der Waals surface area contributed by atoms with Crippen LogP contribution in [0.15, 0.2) is 23.1 Å². The molecular weight excluding hydrogens is 453 g/mol. The minimum absolute atomic E-state index is 0.0386. The quantitative estimate of drug-likeness (QED) is 0.580. The number of nitrogens with one attached hydrogen (secondary N) is 2. The number of halogens is 2. The maximum absolute atomic E-state index is 13.9. The molecule has 2 fully saturated rings. The van der Waals surface area contributed by atoms with Crippen LogP contribution in [0.4, 0.5) is 5.95 Å². The van der Waals surface area contributed by atoms with E-state index in [4.69, 9.17) is 32.7 Å². The standard InChI is InChI=1S/C22H23Cl2N5O3/c1-25-21-27-8-11-4-13(16-17(23)14(31-2)5-15(32-3)18(16)24)20(30)29(19(11)28-21)12-6-22(7-12)9-26-10-22/h4-5,8,12,26H,6-7,9-10H2,1-3H3,(H,25,27,28). The Bertz CT molecular complexity index is 1250. The maximum atomic E-state index is 13.9. The molecule has 3 aromatic rings. The maximum Gasteiger partial charge on any atom is 0.260 e. The van der Waals surface area contributed by atoms with Gasteiger partial charge in [0.05, 0.1) is 29.8 Å². The summed E-state index contributed by atoms with van der Waals surface area (Å²) in [4.78, 5) is 22.9. The minimum Gasteiger partial charge on any atom is -0.495 e. The smallest absolute Gasteiger partial charge is 0.260 e. The van der Waals surface area contributed by atoms with Gasteiger partial charge in [0.1, 0.15) is 17.1 Å². The zero-order valence-electron chi connectivity index (χ0n) is 18.0. The van der Waals surface area contributed by atoms with Gasteiger partial charge in [0.25, 0.3) is 5.56 Å². The van der Waals surface area contributed by atoms with Gasteiger partial charge in [-0.25, -0.2) is 4.98 Å². The van der Waals surface area contributed by atoms with Crippen molar-refractivity contribution in [1.82, 2.24) is 19.9 Å². The summed E-state index contributed by atoms with van der Waals surface area (Å²) < 4.78 is 12.6. The molecular formula is C22H23Cl2N5O3. The highest BCUT2D eigenvalue weighted by atomic mass is 35.5. The van der Waals surface area contributed by atoms with E-state index in [0.717, 1.165) is 31.3 Å². The molecule has 1 aliphatic heterocycles. The third kappa shape index (κ3) is 3.12. The van der Waals surface area contributed by atoms with Gasteiger partial charge in [-0.15, -0.1) is 0 Å². The first-order valence-electron chi connectivity index (χ1n) is 10.3. The lowest BCUT2D eigenvalue weighted by atomic mass is 9.61. The minimum atomic E-state index is -0.204. The lowest BCUT2D eigenvalue weighted by Gasteiger charge is -2.54. The highest BCUT2D eigenvalue weighted by Gasteiger charge is 2.49. The highest BCUT2D eigenvalue weighted by molar-refractivity contribution is 6.41. The van der Waals surface area contributed by atoms with Gasteiger partial charge < -0.3 is 20.1 Å². The molecule has 0 unspecified atom stereocenters. The molecule has 3 heterocycles. The van der Waals surface area contributed by atoms with Crippen LogP contribution in [0.2, 0.25) is 10.0 Å². The summed E-state index contributed by atoms with van der Waals surface area (Å²) in [5.41, 5.74) is 1.40. The van der Waals surface area contributed by atoms with Crippen molar-refractivity contribution in [3.05, 3.63) is 38.7 Å². The predicted molar refractivity (Wildman–Crippen MR) is 125 cm³/mol. The number of anilines is 1. The summed E-state index contributed by atoms with van der Waals surface area (Å²) in [5.74, 6) is 1.20. The third-order valence-corrected chi connectivity index (χ3v) is 7.29. The van der Waals surface area contributed by atoms with Gasteiger partial charge in [-0.3, -0.25) is 9.36 Å². The molecule has 0 amide bonds. The molecule has 2 aliphatic rings. The van der Waals surface area contributed by atoms with E-state index in [-0.39, 0.29) is 27.1 Å². The Morgan fingerprint density at radius 2 is 1.81 bits per heavy atom. The van der Waals surface area contributed by atoms with E-state index in [1.54, 1.807) is 29.9 Å². The van der Waals surface area contributed by atoms with Crippen molar-refractivity contribution in [2.75, 3.05) is 39.7 Å². The van der Waals surface area contributed by atoms with Crippen molar-refractivity contribution in [1.29, 1.82) is 0 Å². The summed E-state index contributed by atoms with van der Waals surface area (Å²) in [6.45, 7) is 1.97. The first-order valence-corrected chi connectivity index (χ1v) is 11.1. The molecule has 0 radical (unpaired) electrons. The molecule has 0 atom stereocenters. The Hall–Kier alpha value is -2.55. The van der Waals surface area contributed by atoms with Gasteiger partial charge >= 0.3 is 0 Å². The van der Waals surface area contributed by atoms with E-state index < -0.39 is 0 Å². The molecule has 32 heavy (non-hydrogen) atoms. The Balaban J connectivity index is 1.77. The number of hydrogen-bond acceptors (Lipinski definition) is 7. The molecule has 2 N–H and O–H groups in total. The zero-order chi connectivity index (χ0) is 22.6. The van der Waals surface area contributed by atoms with E-state index in [2.05, 4.69) is 20.6 Å². The summed E-state index contributed by atoms with van der Waals surface area (Å²) in [6.07, 6.45) is 3.53. The summed E-state index contributed by atoms with van der Waals surface area (Å²) in [5, 5.41) is 7.52. The van der Waals surface area contributed by atoms with Gasteiger partial charge in [0.2, 0.25) is 5.95 Å². The molecule has 1 spiro atoms. The average molecular weight is 476 g/mol. The van der Waals surface area contributed by atoms with E-state index >= 15 is 0 Å². The van der Waals surface area contributed by atoms with Crippen LogP contribution in [0.1, 0.15) is 18.9 Å². The largest absolute Gasteiger partial charge is 0.495 e. The molecule has 1 aromatic carbocycles. The van der Waals surface area contributed by atoms with Gasteiger partial charge in [-0.05, 0) is 24.3 Å². The number of aromatic nitrogens is 3. The second-order valence-corrected chi connectivity index (χ2v) is 9.16. The van der Waals surface area contributed by atoms with Crippen LogP contribution in [0, 0.1) is 5.41 Å². The fourth-order valence-electron chi connectivity index (χ4n) is 4.77. The van der Waals surface area contributed by atoms with Gasteiger partial charge in [0.15, 0.2) is 0 Å². The second-order valence-electron chi connectivity index (χ2n) is 8.41. The zero-order valence-corrected chi connectivity index (χ0v) is 19.5. The topological polar surface area (TPSA) is 90.3 Å². The second kappa shape index (κ2) is 7.79. The number of fused-ring (bicyclic) bond motifs is 1. The van der Waals surface area contributed by atoms with E-state index in [1.807, 2.05) is 0 Å². The van der Waals surface area contributed by atoms with Crippen molar-refractivity contribution in [3.8, 4) is 22.6 Å². The SMILES string of the molecule is CNc1ncc2cc(-c3c(Cl)c(OC)cc(OC)c3Cl)c(=O)n(C3CC4(CNC4)C3)c2n1. The Morgan fingerprint density at radius 1 is 1.16 bits per heavy atom. The van der Waals surface area contributed by atoms with E-state index in [9.17, 15) is 4.79 Å². The molecule has 1 saturated carbocycles. The Morgan fingerprint density at radius 3 is 2.34 bits per heavy atom. The monoisotopic (exact) mass is 475 g/mol. The lowest BCUT2D eigenvalue weighted by Crippen LogP contribution is -2.61. The Labute approximate surface area is 194 Å². The summed E-state index contributed by atoms with van der Waals surface area (Å²) >= 11 is 13.3. The molecule has 0 bridgehead atoms. The van der Waals surface area contributed by atoms with Crippen LogP contribution in [0.3, 0.4) is 0 Å². The average Bonchev–Trinajstić information content (AvgIpc) is 2.73. The van der Waals surface area contributed by atoms with Crippen LogP contribution in [0.5, 0.6) is 11.5 Å². The van der Waals surface area contributed by atoms with Gasteiger partial charge in [-0.1, -0.05) is 23.2 Å². The Kier molecular flexibility index (Phi) is 5.19. The fourth-order valence-corrected chi connectivity index (χ4v) is 5.47. The first kappa shape index (κ1) is 21.3. The van der Waals surface area contributed by atoms with E-state index in [0.29, 0.717) is 34.2 Å². The lowest BCUT2D eigenvalue weighted by molar-refractivity contribution is 0.00785. The highest BCUT2D eigenvalue weighted by Crippen LogP contribution is 2.51. The van der Waals surface area contributed by atoms with Crippen molar-refractivity contribution in [2.24, 2.45) is 5.41 Å². The number of nitrogens with zero attached hydrogens (tertiary/aromatic N) is 3. The normalized spacial score (nSPS) is 17.2. The molecule has 2 aromatic heterocycles. The third-order valence-electron chi connectivity index (χ3n) is 6.54. The van der Waals surface area contributed by atoms with Crippen molar-refractivity contribution in [2.45, 2.75) is 18.9 Å². The van der Waals surface area contributed by atoms with E-state index in [1.165, 1.54) is 14.2 Å². The summed E-state index contributed by atoms with van der Waals surface area (Å²) in [7, 11) is 4.76. The molecule has 1 saturated heterocycles. The van der Waals surface area contributed by atoms with Crippen LogP contribution in [-0.2, 0) is 0 Å². The number of benzene rings is 1. The van der Waals surface area contributed by atoms with Crippen LogP contribution < -0.4 is 25.7 Å². The molecule has 168 valence electrons. The summed E-state index contributed by atoms with van der Waals surface area (Å²) in [6, 6.07) is 3.38. The van der Waals surface area contributed by atoms with Gasteiger partial charge in [-0.2, -0.15) is 4.98 Å². The number of ether oxygens (including phenoxy) is 2. The van der Waals surface area contributed by atoms with Crippen LogP contribution >= 0.6 is 23.2 Å². The number of methoxy groups -OCH3 is 2. The van der Waals surface area contributed by atoms with Crippen LogP contribution in [0.25, 0.3) is 22.2 Å². The number of hydrogen-bond donors (Lipinski definition) is 2.